The van der Waals surface area contributed by atoms with Gasteiger partial charge >= 0.3 is 0 Å². The zero-order valence-corrected chi connectivity index (χ0v) is 10.7. The number of aromatic nitrogens is 2. The van der Waals surface area contributed by atoms with Crippen LogP contribution in [0.1, 0.15) is 12.0 Å². The standard InChI is InChI=1S/C11H17ClN4/c1-8-10(12)13-7-14-11(8)16-5-4-9(6-16)15(2)3/h7,9H,4-6H2,1-3H3. The molecule has 0 spiro atoms. The third-order valence-corrected chi connectivity index (χ3v) is 3.57. The zero-order valence-electron chi connectivity index (χ0n) is 9.94. The van der Waals surface area contributed by atoms with Crippen molar-refractivity contribution in [1.29, 1.82) is 0 Å². The second kappa shape index (κ2) is 4.55. The number of likely N-dealkylation sites (N-methyl/N-ethyl adjacent to an activating group) is 1. The predicted molar refractivity (Wildman–Crippen MR) is 66.1 cm³/mol. The van der Waals surface area contributed by atoms with Gasteiger partial charge in [-0.2, -0.15) is 0 Å². The first-order valence-electron chi connectivity index (χ1n) is 5.48. The summed E-state index contributed by atoms with van der Waals surface area (Å²) in [5.74, 6) is 0.976. The van der Waals surface area contributed by atoms with Crippen molar-refractivity contribution in [2.24, 2.45) is 0 Å². The molecule has 1 aromatic heterocycles. The minimum Gasteiger partial charge on any atom is -0.355 e. The maximum absolute atomic E-state index is 6.00. The second-order valence-electron chi connectivity index (χ2n) is 4.47. The quantitative estimate of drug-likeness (QED) is 0.735. The van der Waals surface area contributed by atoms with Crippen LogP contribution < -0.4 is 4.90 Å². The average molecular weight is 241 g/mol. The number of halogens is 1. The van der Waals surface area contributed by atoms with Crippen LogP contribution in [0.3, 0.4) is 0 Å². The summed E-state index contributed by atoms with van der Waals surface area (Å²) < 4.78 is 0. The van der Waals surface area contributed by atoms with Crippen LogP contribution >= 0.6 is 11.6 Å². The van der Waals surface area contributed by atoms with Gasteiger partial charge in [0.15, 0.2) is 0 Å². The third kappa shape index (κ3) is 2.13. The largest absolute Gasteiger partial charge is 0.355 e. The molecule has 5 heteroatoms. The van der Waals surface area contributed by atoms with Crippen LogP contribution in [0.25, 0.3) is 0 Å². The number of nitrogens with zero attached hydrogens (tertiary/aromatic N) is 4. The summed E-state index contributed by atoms with van der Waals surface area (Å²) >= 11 is 6.00. The van der Waals surface area contributed by atoms with Crippen molar-refractivity contribution in [1.82, 2.24) is 14.9 Å². The molecule has 16 heavy (non-hydrogen) atoms. The Bertz CT molecular complexity index is 380. The smallest absolute Gasteiger partial charge is 0.137 e. The summed E-state index contributed by atoms with van der Waals surface area (Å²) in [4.78, 5) is 12.9. The molecular weight excluding hydrogens is 224 g/mol. The van der Waals surface area contributed by atoms with E-state index in [1.54, 1.807) is 0 Å². The van der Waals surface area contributed by atoms with Gasteiger partial charge in [-0.25, -0.2) is 9.97 Å². The number of rotatable bonds is 2. The summed E-state index contributed by atoms with van der Waals surface area (Å²) in [5, 5.41) is 0.554. The average Bonchev–Trinajstić information content (AvgIpc) is 2.71. The first-order valence-corrected chi connectivity index (χ1v) is 5.86. The highest BCUT2D eigenvalue weighted by Crippen LogP contribution is 2.26. The summed E-state index contributed by atoms with van der Waals surface area (Å²) in [6, 6.07) is 0.605. The lowest BCUT2D eigenvalue weighted by atomic mass is 10.2. The Labute approximate surface area is 101 Å². The van der Waals surface area contributed by atoms with E-state index in [9.17, 15) is 0 Å². The van der Waals surface area contributed by atoms with Crippen LogP contribution in [0.4, 0.5) is 5.82 Å². The normalized spacial score (nSPS) is 20.8. The first kappa shape index (κ1) is 11.6. The lowest BCUT2D eigenvalue weighted by Gasteiger charge is -2.22. The van der Waals surface area contributed by atoms with Gasteiger partial charge in [0.1, 0.15) is 17.3 Å². The van der Waals surface area contributed by atoms with E-state index in [0.29, 0.717) is 11.2 Å². The van der Waals surface area contributed by atoms with Crippen molar-refractivity contribution in [3.8, 4) is 0 Å². The van der Waals surface area contributed by atoms with Gasteiger partial charge < -0.3 is 9.80 Å². The lowest BCUT2D eigenvalue weighted by molar-refractivity contribution is 0.315. The van der Waals surface area contributed by atoms with E-state index >= 15 is 0 Å². The molecule has 0 bridgehead atoms. The number of hydrogen-bond acceptors (Lipinski definition) is 4. The maximum atomic E-state index is 6.00. The van der Waals surface area contributed by atoms with Crippen molar-refractivity contribution in [2.75, 3.05) is 32.1 Å². The van der Waals surface area contributed by atoms with Crippen molar-refractivity contribution in [2.45, 2.75) is 19.4 Å². The first-order chi connectivity index (χ1) is 7.59. The Morgan fingerprint density at radius 3 is 2.81 bits per heavy atom. The van der Waals surface area contributed by atoms with E-state index in [0.717, 1.165) is 24.5 Å². The molecule has 0 N–H and O–H groups in total. The van der Waals surface area contributed by atoms with Crippen LogP contribution in [0.2, 0.25) is 5.15 Å². The van der Waals surface area contributed by atoms with Crippen LogP contribution in [-0.4, -0.2) is 48.1 Å². The Kier molecular flexibility index (Phi) is 3.30. The van der Waals surface area contributed by atoms with Crippen LogP contribution in [0.5, 0.6) is 0 Å². The fourth-order valence-corrected chi connectivity index (χ4v) is 2.22. The topological polar surface area (TPSA) is 32.3 Å². The molecule has 2 heterocycles. The van der Waals surface area contributed by atoms with E-state index < -0.39 is 0 Å². The number of anilines is 1. The van der Waals surface area contributed by atoms with Crippen molar-refractivity contribution < 1.29 is 0 Å². The molecule has 1 fully saturated rings. The Balaban J connectivity index is 2.17. The van der Waals surface area contributed by atoms with Gasteiger partial charge in [0.25, 0.3) is 0 Å². The molecule has 1 saturated heterocycles. The van der Waals surface area contributed by atoms with Gasteiger partial charge in [-0.05, 0) is 27.4 Å². The van der Waals surface area contributed by atoms with Gasteiger partial charge in [-0.15, -0.1) is 0 Å². The highest BCUT2D eigenvalue weighted by atomic mass is 35.5. The molecule has 1 unspecified atom stereocenters. The predicted octanol–water partition coefficient (Wildman–Crippen LogP) is 1.58. The van der Waals surface area contributed by atoms with Crippen LogP contribution in [0.15, 0.2) is 6.33 Å². The monoisotopic (exact) mass is 240 g/mol. The van der Waals surface area contributed by atoms with Gasteiger partial charge in [0, 0.05) is 24.7 Å². The summed E-state index contributed by atoms with van der Waals surface area (Å²) in [6.07, 6.45) is 2.71. The van der Waals surface area contributed by atoms with Gasteiger partial charge in [-0.1, -0.05) is 11.6 Å². The molecule has 4 nitrogen and oxygen atoms in total. The Morgan fingerprint density at radius 2 is 2.19 bits per heavy atom. The van der Waals surface area contributed by atoms with Gasteiger partial charge in [0.2, 0.25) is 0 Å². The fraction of sp³-hybridized carbons (Fsp3) is 0.636. The van der Waals surface area contributed by atoms with E-state index in [-0.39, 0.29) is 0 Å². The molecule has 0 saturated carbocycles. The zero-order chi connectivity index (χ0) is 11.7. The third-order valence-electron chi connectivity index (χ3n) is 3.19. The van der Waals surface area contributed by atoms with Crippen molar-refractivity contribution in [3.63, 3.8) is 0 Å². The molecule has 0 radical (unpaired) electrons. The highest BCUT2D eigenvalue weighted by molar-refractivity contribution is 6.30. The minimum absolute atomic E-state index is 0.554. The van der Waals surface area contributed by atoms with Crippen molar-refractivity contribution in [3.05, 3.63) is 17.0 Å². The minimum atomic E-state index is 0.554. The molecule has 1 aliphatic heterocycles. The molecule has 1 aromatic rings. The van der Waals surface area contributed by atoms with E-state index in [1.807, 2.05) is 6.92 Å². The molecule has 0 aromatic carbocycles. The van der Waals surface area contributed by atoms with Gasteiger partial charge in [-0.3, -0.25) is 0 Å². The summed E-state index contributed by atoms with van der Waals surface area (Å²) in [6.45, 7) is 4.03. The molecule has 2 rings (SSSR count). The summed E-state index contributed by atoms with van der Waals surface area (Å²) in [7, 11) is 4.24. The molecular formula is C11H17ClN4. The maximum Gasteiger partial charge on any atom is 0.137 e. The molecule has 0 aliphatic carbocycles. The SMILES string of the molecule is Cc1c(Cl)ncnc1N1CCC(N(C)C)C1. The van der Waals surface area contributed by atoms with E-state index in [4.69, 9.17) is 11.6 Å². The second-order valence-corrected chi connectivity index (χ2v) is 4.82. The Morgan fingerprint density at radius 1 is 1.44 bits per heavy atom. The molecule has 0 amide bonds. The highest BCUT2D eigenvalue weighted by Gasteiger charge is 2.26. The molecule has 1 aliphatic rings. The van der Waals surface area contributed by atoms with Gasteiger partial charge in [0.05, 0.1) is 0 Å². The van der Waals surface area contributed by atoms with Crippen molar-refractivity contribution >= 4 is 17.4 Å². The molecule has 1 atom stereocenters. The summed E-state index contributed by atoms with van der Waals surface area (Å²) in [5.41, 5.74) is 0.976. The number of hydrogen-bond donors (Lipinski definition) is 0. The van der Waals surface area contributed by atoms with E-state index in [1.165, 1.54) is 12.7 Å². The lowest BCUT2D eigenvalue weighted by Crippen LogP contribution is -2.32. The van der Waals surface area contributed by atoms with Crippen LogP contribution in [0, 0.1) is 6.92 Å². The van der Waals surface area contributed by atoms with E-state index in [2.05, 4.69) is 33.9 Å². The Hall–Kier alpha value is -0.870. The fourth-order valence-electron chi connectivity index (χ4n) is 2.09. The molecule has 88 valence electrons. The van der Waals surface area contributed by atoms with Crippen LogP contribution in [-0.2, 0) is 0 Å².